The maximum atomic E-state index is 14.4. The van der Waals surface area contributed by atoms with Crippen LogP contribution in [0.4, 0.5) is 5.82 Å². The maximum absolute atomic E-state index is 14.4. The minimum atomic E-state index is -0.524. The van der Waals surface area contributed by atoms with E-state index in [1.165, 1.54) is 18.6 Å². The number of anilines is 1. The van der Waals surface area contributed by atoms with Gasteiger partial charge in [0.25, 0.3) is 5.56 Å². The van der Waals surface area contributed by atoms with Gasteiger partial charge >= 0.3 is 0 Å². The Balaban J connectivity index is 1.62. The van der Waals surface area contributed by atoms with Crippen LogP contribution in [0.2, 0.25) is 5.02 Å². The van der Waals surface area contributed by atoms with Gasteiger partial charge in [-0.1, -0.05) is 48.0 Å². The molecular weight excluding hydrogens is 514 g/mol. The third-order valence-corrected chi connectivity index (χ3v) is 7.29. The molecule has 0 saturated heterocycles. The molecule has 1 atom stereocenters. The molecule has 10 heteroatoms. The van der Waals surface area contributed by atoms with Gasteiger partial charge in [0, 0.05) is 34.6 Å². The first-order valence-electron chi connectivity index (χ1n) is 12.4. The van der Waals surface area contributed by atoms with E-state index in [0.717, 1.165) is 11.4 Å². The van der Waals surface area contributed by atoms with Gasteiger partial charge in [-0.2, -0.15) is 0 Å². The fourth-order valence-corrected chi connectivity index (χ4v) is 5.31. The Morgan fingerprint density at radius 3 is 2.51 bits per heavy atom. The number of aromatic nitrogens is 6. The number of hydrogen-bond acceptors (Lipinski definition) is 6. The average molecular weight is 538 g/mol. The van der Waals surface area contributed by atoms with Crippen LogP contribution in [-0.4, -0.2) is 29.5 Å². The Hall–Kier alpha value is -4.76. The van der Waals surface area contributed by atoms with Crippen molar-refractivity contribution in [1.29, 1.82) is 0 Å². The highest BCUT2D eigenvalue weighted by Crippen LogP contribution is 2.36. The summed E-state index contributed by atoms with van der Waals surface area (Å²) in [6.45, 7) is 5.74. The summed E-state index contributed by atoms with van der Waals surface area (Å²) in [4.78, 5) is 46.4. The number of fused-ring (bicyclic) bond motifs is 2. The fourth-order valence-electron chi connectivity index (χ4n) is 4.90. The van der Waals surface area contributed by atoms with Crippen molar-refractivity contribution in [3.05, 3.63) is 110 Å². The Morgan fingerprint density at radius 1 is 0.974 bits per heavy atom. The van der Waals surface area contributed by atoms with Gasteiger partial charge in [0.05, 0.1) is 27.8 Å². The molecule has 0 aliphatic rings. The van der Waals surface area contributed by atoms with Crippen LogP contribution in [0.5, 0.6) is 0 Å². The van der Waals surface area contributed by atoms with Crippen LogP contribution in [0.1, 0.15) is 30.0 Å². The lowest BCUT2D eigenvalue weighted by Crippen LogP contribution is -2.27. The van der Waals surface area contributed by atoms with Crippen LogP contribution in [-0.2, 0) is 0 Å². The molecule has 3 N–H and O–H groups in total. The monoisotopic (exact) mass is 537 g/mol. The van der Waals surface area contributed by atoms with Gasteiger partial charge in [-0.15, -0.1) is 0 Å². The van der Waals surface area contributed by atoms with Crippen LogP contribution in [0.15, 0.2) is 76.7 Å². The summed E-state index contributed by atoms with van der Waals surface area (Å²) in [6, 6.07) is 15.8. The number of aryl methyl sites for hydroxylation is 2. The molecular formula is C29H24ClN7O2. The summed E-state index contributed by atoms with van der Waals surface area (Å²) in [7, 11) is 0. The van der Waals surface area contributed by atoms with E-state index in [1.807, 2.05) is 69.3 Å². The zero-order chi connectivity index (χ0) is 27.3. The molecule has 0 unspecified atom stereocenters. The first kappa shape index (κ1) is 24.6. The zero-order valence-electron chi connectivity index (χ0n) is 21.4. The van der Waals surface area contributed by atoms with Crippen molar-refractivity contribution in [3.8, 4) is 17.1 Å². The van der Waals surface area contributed by atoms with Crippen LogP contribution >= 0.6 is 11.6 Å². The Labute approximate surface area is 227 Å². The van der Waals surface area contributed by atoms with E-state index in [-0.39, 0.29) is 11.0 Å². The number of benzene rings is 2. The Bertz CT molecular complexity index is 1970. The van der Waals surface area contributed by atoms with E-state index in [1.54, 1.807) is 4.57 Å². The summed E-state index contributed by atoms with van der Waals surface area (Å²) < 4.78 is 1.61. The summed E-state index contributed by atoms with van der Waals surface area (Å²) in [5, 5.41) is 5.10. The van der Waals surface area contributed by atoms with Crippen molar-refractivity contribution >= 4 is 39.2 Å². The van der Waals surface area contributed by atoms with E-state index < -0.39 is 6.04 Å². The fraction of sp³-hybridized carbons (Fsp3) is 0.138. The highest BCUT2D eigenvalue weighted by molar-refractivity contribution is 6.36. The molecule has 0 aliphatic carbocycles. The SMILES string of the molecule is Cc1nc(-c2cccc3c(Cl)c([C@H](C)Nc4ncnc5[nH]ccc(=O)c45)n(-c4ccccc4)c(=O)c23)[nH]c1C. The van der Waals surface area contributed by atoms with Gasteiger partial charge in [-0.25, -0.2) is 15.0 Å². The molecule has 194 valence electrons. The standard InChI is InChI=1S/C29H24ClN7O2/c1-15-16(2)35-26(34-15)20-11-7-10-19-22(20)29(39)37(18-8-5-4-6-9-18)25(24(19)30)17(3)36-28-23-21(38)12-13-31-27(23)32-14-33-28/h4-14,17H,1-3H3,(H,34,35)(H2,31,32,33,36,38)/t17-/m0/s1. The maximum Gasteiger partial charge on any atom is 0.264 e. The van der Waals surface area contributed by atoms with Crippen molar-refractivity contribution in [3.63, 3.8) is 0 Å². The molecule has 0 saturated carbocycles. The predicted molar refractivity (Wildman–Crippen MR) is 154 cm³/mol. The van der Waals surface area contributed by atoms with E-state index in [2.05, 4.69) is 30.2 Å². The summed E-state index contributed by atoms with van der Waals surface area (Å²) >= 11 is 7.14. The highest BCUT2D eigenvalue weighted by atomic mass is 35.5. The third kappa shape index (κ3) is 4.07. The van der Waals surface area contributed by atoms with Gasteiger partial charge in [-0.05, 0) is 32.9 Å². The van der Waals surface area contributed by atoms with Crippen LogP contribution in [0.3, 0.4) is 0 Å². The van der Waals surface area contributed by atoms with Gasteiger partial charge in [0.2, 0.25) is 0 Å². The summed E-state index contributed by atoms with van der Waals surface area (Å²) in [5.74, 6) is 0.946. The lowest BCUT2D eigenvalue weighted by Gasteiger charge is -2.23. The second-order valence-electron chi connectivity index (χ2n) is 9.35. The molecule has 2 aromatic carbocycles. The van der Waals surface area contributed by atoms with E-state index in [4.69, 9.17) is 11.6 Å². The predicted octanol–water partition coefficient (Wildman–Crippen LogP) is 5.46. The van der Waals surface area contributed by atoms with Gasteiger partial charge in [0.15, 0.2) is 5.43 Å². The molecule has 0 fully saturated rings. The molecule has 39 heavy (non-hydrogen) atoms. The minimum absolute atomic E-state index is 0.224. The Morgan fingerprint density at radius 2 is 1.77 bits per heavy atom. The number of imidazole rings is 1. The first-order chi connectivity index (χ1) is 18.8. The molecule has 9 nitrogen and oxygen atoms in total. The number of halogens is 1. The number of hydrogen-bond donors (Lipinski definition) is 3. The number of nitrogens with one attached hydrogen (secondary N) is 3. The second kappa shape index (κ2) is 9.52. The van der Waals surface area contributed by atoms with Crippen molar-refractivity contribution in [1.82, 2.24) is 29.5 Å². The molecule has 4 aromatic heterocycles. The summed E-state index contributed by atoms with van der Waals surface area (Å²) in [5.41, 5.74) is 3.59. The number of aromatic amines is 2. The number of rotatable bonds is 5. The normalized spacial score (nSPS) is 12.2. The van der Waals surface area contributed by atoms with E-state index >= 15 is 0 Å². The number of pyridine rings is 2. The molecule has 4 heterocycles. The van der Waals surface area contributed by atoms with Crippen molar-refractivity contribution < 1.29 is 0 Å². The van der Waals surface area contributed by atoms with Gasteiger partial charge < -0.3 is 15.3 Å². The van der Waals surface area contributed by atoms with E-state index in [0.29, 0.717) is 55.4 Å². The zero-order valence-corrected chi connectivity index (χ0v) is 22.2. The lowest BCUT2D eigenvalue weighted by molar-refractivity contribution is 0.774. The number of nitrogens with zero attached hydrogens (tertiary/aromatic N) is 4. The van der Waals surface area contributed by atoms with Crippen molar-refractivity contribution in [2.45, 2.75) is 26.8 Å². The number of para-hydroxylation sites is 1. The van der Waals surface area contributed by atoms with Crippen LogP contribution < -0.4 is 16.3 Å². The lowest BCUT2D eigenvalue weighted by atomic mass is 10.0. The second-order valence-corrected chi connectivity index (χ2v) is 9.73. The van der Waals surface area contributed by atoms with Crippen molar-refractivity contribution in [2.75, 3.05) is 5.32 Å². The van der Waals surface area contributed by atoms with E-state index in [9.17, 15) is 9.59 Å². The quantitative estimate of drug-likeness (QED) is 0.268. The highest BCUT2D eigenvalue weighted by Gasteiger charge is 2.25. The molecule has 0 spiro atoms. The molecule has 6 aromatic rings. The molecule has 6 rings (SSSR count). The van der Waals surface area contributed by atoms with Crippen LogP contribution in [0, 0.1) is 13.8 Å². The molecule has 0 aliphatic heterocycles. The van der Waals surface area contributed by atoms with Gasteiger partial charge in [-0.3, -0.25) is 14.2 Å². The minimum Gasteiger partial charge on any atom is -0.361 e. The smallest absolute Gasteiger partial charge is 0.264 e. The molecule has 0 bridgehead atoms. The van der Waals surface area contributed by atoms with Crippen LogP contribution in [0.25, 0.3) is 38.9 Å². The summed E-state index contributed by atoms with van der Waals surface area (Å²) in [6.07, 6.45) is 2.91. The number of H-pyrrole nitrogens is 2. The van der Waals surface area contributed by atoms with Crippen molar-refractivity contribution in [2.24, 2.45) is 0 Å². The van der Waals surface area contributed by atoms with Gasteiger partial charge in [0.1, 0.15) is 29.0 Å². The molecule has 0 radical (unpaired) electrons. The third-order valence-electron chi connectivity index (χ3n) is 6.89. The average Bonchev–Trinajstić information content (AvgIpc) is 3.28. The topological polar surface area (TPSA) is 121 Å². The Kier molecular flexibility index (Phi) is 6.00. The largest absolute Gasteiger partial charge is 0.361 e. The first-order valence-corrected chi connectivity index (χ1v) is 12.8. The molecule has 0 amide bonds.